The lowest BCUT2D eigenvalue weighted by molar-refractivity contribution is -0.146. The second kappa shape index (κ2) is 6.44. The molecule has 4 heteroatoms. The lowest BCUT2D eigenvalue weighted by atomic mass is 9.95. The first-order valence-corrected chi connectivity index (χ1v) is 5.33. The van der Waals surface area contributed by atoms with E-state index in [1.807, 2.05) is 6.07 Å². The SMILES string of the molecule is CCOC(=O)C(CC#N)C(=O)c1ccccc1. The highest BCUT2D eigenvalue weighted by atomic mass is 16.5. The Balaban J connectivity index is 2.89. The van der Waals surface area contributed by atoms with Gasteiger partial charge in [-0.3, -0.25) is 9.59 Å². The molecular formula is C13H13NO3. The number of carbonyl (C=O) groups is 2. The van der Waals surface area contributed by atoms with Crippen molar-refractivity contribution in [3.63, 3.8) is 0 Å². The van der Waals surface area contributed by atoms with Gasteiger partial charge in [-0.2, -0.15) is 5.26 Å². The molecule has 0 heterocycles. The number of Topliss-reactive ketones (excluding diaryl/α,β-unsaturated/α-hetero) is 1. The monoisotopic (exact) mass is 231 g/mol. The van der Waals surface area contributed by atoms with Crippen LogP contribution in [0.2, 0.25) is 0 Å². The fourth-order valence-corrected chi connectivity index (χ4v) is 1.42. The van der Waals surface area contributed by atoms with Crippen molar-refractivity contribution in [1.29, 1.82) is 5.26 Å². The average molecular weight is 231 g/mol. The molecule has 0 bridgehead atoms. The Morgan fingerprint density at radius 3 is 2.53 bits per heavy atom. The van der Waals surface area contributed by atoms with Crippen LogP contribution in [0.4, 0.5) is 0 Å². The molecule has 4 nitrogen and oxygen atoms in total. The Morgan fingerprint density at radius 2 is 2.00 bits per heavy atom. The van der Waals surface area contributed by atoms with E-state index >= 15 is 0 Å². The summed E-state index contributed by atoms with van der Waals surface area (Å²) in [6.45, 7) is 1.86. The zero-order valence-corrected chi connectivity index (χ0v) is 9.55. The quantitative estimate of drug-likeness (QED) is 0.441. The molecule has 1 unspecified atom stereocenters. The van der Waals surface area contributed by atoms with Gasteiger partial charge in [0.25, 0.3) is 0 Å². The Bertz CT molecular complexity index is 434. The number of hydrogen-bond acceptors (Lipinski definition) is 4. The molecule has 0 aromatic heterocycles. The third-order valence-electron chi connectivity index (χ3n) is 2.24. The molecule has 1 aromatic rings. The lowest BCUT2D eigenvalue weighted by Gasteiger charge is -2.11. The van der Waals surface area contributed by atoms with E-state index in [9.17, 15) is 9.59 Å². The van der Waals surface area contributed by atoms with E-state index < -0.39 is 11.9 Å². The van der Waals surface area contributed by atoms with Gasteiger partial charge in [-0.05, 0) is 6.92 Å². The van der Waals surface area contributed by atoms with Crippen LogP contribution >= 0.6 is 0 Å². The predicted octanol–water partition coefficient (Wildman–Crippen LogP) is 1.96. The fraction of sp³-hybridized carbons (Fsp3) is 0.308. The molecule has 0 amide bonds. The smallest absolute Gasteiger partial charge is 0.317 e. The van der Waals surface area contributed by atoms with Gasteiger partial charge in [0.15, 0.2) is 5.78 Å². The molecule has 0 radical (unpaired) electrons. The topological polar surface area (TPSA) is 67.2 Å². The molecule has 1 atom stereocenters. The molecule has 17 heavy (non-hydrogen) atoms. The van der Waals surface area contributed by atoms with Gasteiger partial charge < -0.3 is 4.74 Å². The van der Waals surface area contributed by atoms with Gasteiger partial charge in [-0.1, -0.05) is 30.3 Å². The standard InChI is InChI=1S/C13H13NO3/c1-2-17-13(16)11(8-9-14)12(15)10-6-4-3-5-7-10/h3-7,11H,2,8H2,1H3. The first-order chi connectivity index (χ1) is 8.20. The number of nitriles is 1. The summed E-state index contributed by atoms with van der Waals surface area (Å²) in [7, 11) is 0. The average Bonchev–Trinajstić information content (AvgIpc) is 2.36. The van der Waals surface area contributed by atoms with Crippen molar-refractivity contribution >= 4 is 11.8 Å². The minimum Gasteiger partial charge on any atom is -0.465 e. The van der Waals surface area contributed by atoms with Crippen molar-refractivity contribution < 1.29 is 14.3 Å². The molecule has 0 saturated heterocycles. The molecule has 88 valence electrons. The molecule has 1 rings (SSSR count). The predicted molar refractivity (Wildman–Crippen MR) is 61.1 cm³/mol. The summed E-state index contributed by atoms with van der Waals surface area (Å²) in [6, 6.07) is 10.3. The van der Waals surface area contributed by atoms with Crippen LogP contribution in [-0.2, 0) is 9.53 Å². The Labute approximate surface area is 99.8 Å². The lowest BCUT2D eigenvalue weighted by Crippen LogP contribution is -2.26. The van der Waals surface area contributed by atoms with E-state index in [2.05, 4.69) is 0 Å². The van der Waals surface area contributed by atoms with Gasteiger partial charge in [-0.25, -0.2) is 0 Å². The highest BCUT2D eigenvalue weighted by molar-refractivity contribution is 6.08. The first kappa shape index (κ1) is 12.9. The van der Waals surface area contributed by atoms with Crippen molar-refractivity contribution in [2.75, 3.05) is 6.61 Å². The Morgan fingerprint density at radius 1 is 1.35 bits per heavy atom. The highest BCUT2D eigenvalue weighted by Gasteiger charge is 2.28. The number of carbonyl (C=O) groups excluding carboxylic acids is 2. The zero-order chi connectivity index (χ0) is 12.7. The van der Waals surface area contributed by atoms with Crippen LogP contribution in [0.5, 0.6) is 0 Å². The number of ketones is 1. The Kier molecular flexibility index (Phi) is 4.89. The normalized spacial score (nSPS) is 11.3. The van der Waals surface area contributed by atoms with Crippen molar-refractivity contribution in [3.8, 4) is 6.07 Å². The molecule has 0 aliphatic carbocycles. The zero-order valence-electron chi connectivity index (χ0n) is 9.55. The maximum absolute atomic E-state index is 12.0. The maximum atomic E-state index is 12.0. The van der Waals surface area contributed by atoms with E-state index in [-0.39, 0.29) is 18.8 Å². The largest absolute Gasteiger partial charge is 0.465 e. The summed E-state index contributed by atoms with van der Waals surface area (Å²) < 4.78 is 4.79. The Hall–Kier alpha value is -2.15. The molecule has 0 fully saturated rings. The second-order valence-corrected chi connectivity index (χ2v) is 3.40. The molecule has 1 aromatic carbocycles. The van der Waals surface area contributed by atoms with Crippen molar-refractivity contribution in [2.24, 2.45) is 5.92 Å². The molecular weight excluding hydrogens is 218 g/mol. The van der Waals surface area contributed by atoms with Gasteiger partial charge >= 0.3 is 5.97 Å². The summed E-state index contributed by atoms with van der Waals surface area (Å²) in [6.07, 6.45) is -0.160. The number of benzene rings is 1. The van der Waals surface area contributed by atoms with Crippen LogP contribution in [0.25, 0.3) is 0 Å². The van der Waals surface area contributed by atoms with Crippen molar-refractivity contribution in [2.45, 2.75) is 13.3 Å². The van der Waals surface area contributed by atoms with E-state index in [1.54, 1.807) is 37.3 Å². The summed E-state index contributed by atoms with van der Waals surface area (Å²) in [5.41, 5.74) is 0.417. The fourth-order valence-electron chi connectivity index (χ4n) is 1.42. The van der Waals surface area contributed by atoms with Crippen LogP contribution in [0.15, 0.2) is 30.3 Å². The summed E-state index contributed by atoms with van der Waals surface area (Å²) in [5.74, 6) is -2.03. The number of esters is 1. The van der Waals surface area contributed by atoms with Crippen molar-refractivity contribution in [1.82, 2.24) is 0 Å². The summed E-state index contributed by atoms with van der Waals surface area (Å²) in [4.78, 5) is 23.6. The molecule has 0 spiro atoms. The van der Waals surface area contributed by atoms with E-state index in [0.29, 0.717) is 5.56 Å². The first-order valence-electron chi connectivity index (χ1n) is 5.33. The molecule has 0 saturated carbocycles. The van der Waals surface area contributed by atoms with E-state index in [1.165, 1.54) is 0 Å². The number of rotatable bonds is 5. The number of nitrogens with zero attached hydrogens (tertiary/aromatic N) is 1. The van der Waals surface area contributed by atoms with Gasteiger partial charge in [0.1, 0.15) is 5.92 Å². The minimum atomic E-state index is -1.03. The van der Waals surface area contributed by atoms with Crippen LogP contribution < -0.4 is 0 Å². The molecule has 0 N–H and O–H groups in total. The van der Waals surface area contributed by atoms with Gasteiger partial charge in [-0.15, -0.1) is 0 Å². The third kappa shape index (κ3) is 3.42. The highest BCUT2D eigenvalue weighted by Crippen LogP contribution is 2.14. The van der Waals surface area contributed by atoms with E-state index in [4.69, 9.17) is 10.00 Å². The van der Waals surface area contributed by atoms with E-state index in [0.717, 1.165) is 0 Å². The van der Waals surface area contributed by atoms with Crippen LogP contribution in [0, 0.1) is 17.2 Å². The van der Waals surface area contributed by atoms with Crippen LogP contribution in [-0.4, -0.2) is 18.4 Å². The number of ether oxygens (including phenoxy) is 1. The van der Waals surface area contributed by atoms with Gasteiger partial charge in [0.2, 0.25) is 0 Å². The maximum Gasteiger partial charge on any atom is 0.317 e. The number of hydrogen-bond donors (Lipinski definition) is 0. The second-order valence-electron chi connectivity index (χ2n) is 3.40. The molecule has 0 aliphatic heterocycles. The van der Waals surface area contributed by atoms with Crippen LogP contribution in [0.1, 0.15) is 23.7 Å². The summed E-state index contributed by atoms with van der Waals surface area (Å²) >= 11 is 0. The van der Waals surface area contributed by atoms with Crippen LogP contribution in [0.3, 0.4) is 0 Å². The molecule has 0 aliphatic rings. The summed E-state index contributed by atoms with van der Waals surface area (Å²) in [5, 5.41) is 8.64. The van der Waals surface area contributed by atoms with Gasteiger partial charge in [0, 0.05) is 5.56 Å². The van der Waals surface area contributed by atoms with Crippen molar-refractivity contribution in [3.05, 3.63) is 35.9 Å². The third-order valence-corrected chi connectivity index (χ3v) is 2.24. The minimum absolute atomic E-state index is 0.160. The van der Waals surface area contributed by atoms with Gasteiger partial charge in [0.05, 0.1) is 19.1 Å².